The van der Waals surface area contributed by atoms with Crippen LogP contribution in [0.1, 0.15) is 34.5 Å². The van der Waals surface area contributed by atoms with Crippen molar-refractivity contribution in [3.05, 3.63) is 83.6 Å². The number of aromatic nitrogens is 2. The molecule has 1 heterocycles. The van der Waals surface area contributed by atoms with Crippen molar-refractivity contribution in [2.75, 3.05) is 5.32 Å². The Morgan fingerprint density at radius 2 is 1.96 bits per heavy atom. The summed E-state index contributed by atoms with van der Waals surface area (Å²) in [6.45, 7) is 2.02. The van der Waals surface area contributed by atoms with Gasteiger partial charge in [0.05, 0.1) is 23.9 Å². The van der Waals surface area contributed by atoms with Crippen molar-refractivity contribution in [1.29, 1.82) is 5.26 Å². The molecule has 0 bridgehead atoms. The molecule has 0 saturated heterocycles. The molecule has 118 valence electrons. The van der Waals surface area contributed by atoms with E-state index in [2.05, 4.69) is 10.4 Å². The standard InChI is InChI=1S/C19H16N4O/c1-14(16-7-3-2-4-8-16)23-18(10-11-21-23)22-19(24)17-9-5-6-15(12-17)13-20/h2-12,14H,1H3,(H,22,24)/t14-/m1/s1. The number of hydrogen-bond donors (Lipinski definition) is 1. The topological polar surface area (TPSA) is 70.7 Å². The van der Waals surface area contributed by atoms with Crippen LogP contribution in [0.15, 0.2) is 66.9 Å². The molecule has 24 heavy (non-hydrogen) atoms. The van der Waals surface area contributed by atoms with Gasteiger partial charge in [-0.3, -0.25) is 4.79 Å². The molecule has 2 aromatic carbocycles. The lowest BCUT2D eigenvalue weighted by atomic mass is 10.1. The van der Waals surface area contributed by atoms with E-state index in [0.717, 1.165) is 5.56 Å². The number of anilines is 1. The lowest BCUT2D eigenvalue weighted by Crippen LogP contribution is -2.18. The second-order valence-corrected chi connectivity index (χ2v) is 5.39. The maximum Gasteiger partial charge on any atom is 0.256 e. The Morgan fingerprint density at radius 1 is 1.17 bits per heavy atom. The highest BCUT2D eigenvalue weighted by atomic mass is 16.1. The molecule has 0 unspecified atom stereocenters. The van der Waals surface area contributed by atoms with Crippen LogP contribution in [0.3, 0.4) is 0 Å². The number of carbonyl (C=O) groups excluding carboxylic acids is 1. The highest BCUT2D eigenvalue weighted by Crippen LogP contribution is 2.21. The maximum atomic E-state index is 12.4. The Bertz CT molecular complexity index is 893. The maximum absolute atomic E-state index is 12.4. The first-order valence-corrected chi connectivity index (χ1v) is 7.59. The Morgan fingerprint density at radius 3 is 2.71 bits per heavy atom. The highest BCUT2D eigenvalue weighted by molar-refractivity contribution is 6.04. The van der Waals surface area contributed by atoms with Crippen LogP contribution in [-0.4, -0.2) is 15.7 Å². The molecular formula is C19H16N4O. The van der Waals surface area contributed by atoms with E-state index < -0.39 is 0 Å². The molecule has 0 fully saturated rings. The fourth-order valence-electron chi connectivity index (χ4n) is 2.51. The number of amides is 1. The van der Waals surface area contributed by atoms with Gasteiger partial charge >= 0.3 is 0 Å². The van der Waals surface area contributed by atoms with E-state index in [1.54, 1.807) is 41.2 Å². The minimum atomic E-state index is -0.269. The normalized spacial score (nSPS) is 11.5. The number of nitrogens with zero attached hydrogens (tertiary/aromatic N) is 3. The van der Waals surface area contributed by atoms with Crippen molar-refractivity contribution in [2.24, 2.45) is 0 Å². The molecule has 5 nitrogen and oxygen atoms in total. The monoisotopic (exact) mass is 316 g/mol. The van der Waals surface area contributed by atoms with Crippen molar-refractivity contribution in [3.63, 3.8) is 0 Å². The summed E-state index contributed by atoms with van der Waals surface area (Å²) in [4.78, 5) is 12.4. The minimum absolute atomic E-state index is 0.0121. The molecule has 0 aliphatic carbocycles. The average Bonchev–Trinajstić information content (AvgIpc) is 3.10. The fraction of sp³-hybridized carbons (Fsp3) is 0.105. The fourth-order valence-corrected chi connectivity index (χ4v) is 2.51. The first-order valence-electron chi connectivity index (χ1n) is 7.59. The number of hydrogen-bond acceptors (Lipinski definition) is 3. The molecule has 0 saturated carbocycles. The van der Waals surface area contributed by atoms with Crippen LogP contribution >= 0.6 is 0 Å². The second-order valence-electron chi connectivity index (χ2n) is 5.39. The van der Waals surface area contributed by atoms with Crippen molar-refractivity contribution in [1.82, 2.24) is 9.78 Å². The molecule has 0 radical (unpaired) electrons. The van der Waals surface area contributed by atoms with Crippen molar-refractivity contribution < 1.29 is 4.79 Å². The molecule has 0 aliphatic rings. The number of rotatable bonds is 4. The average molecular weight is 316 g/mol. The zero-order valence-electron chi connectivity index (χ0n) is 13.2. The summed E-state index contributed by atoms with van der Waals surface area (Å²) >= 11 is 0. The predicted octanol–water partition coefficient (Wildman–Crippen LogP) is 3.62. The summed E-state index contributed by atoms with van der Waals surface area (Å²) in [5.41, 5.74) is 1.99. The van der Waals surface area contributed by atoms with Crippen molar-refractivity contribution in [3.8, 4) is 6.07 Å². The van der Waals surface area contributed by atoms with Gasteiger partial charge in [0.25, 0.3) is 5.91 Å². The Hall–Kier alpha value is -3.39. The third-order valence-electron chi connectivity index (χ3n) is 3.81. The summed E-state index contributed by atoms with van der Waals surface area (Å²) in [6, 6.07) is 20.3. The summed E-state index contributed by atoms with van der Waals surface area (Å²) in [6.07, 6.45) is 1.65. The van der Waals surface area contributed by atoms with Crippen LogP contribution in [0.5, 0.6) is 0 Å². The van der Waals surface area contributed by atoms with Gasteiger partial charge in [0.1, 0.15) is 5.82 Å². The van der Waals surface area contributed by atoms with Crippen LogP contribution in [0.2, 0.25) is 0 Å². The predicted molar refractivity (Wildman–Crippen MR) is 91.6 cm³/mol. The van der Waals surface area contributed by atoms with Gasteiger partial charge in [-0.2, -0.15) is 10.4 Å². The van der Waals surface area contributed by atoms with Gasteiger partial charge in [0.15, 0.2) is 0 Å². The second kappa shape index (κ2) is 6.80. The molecule has 0 aliphatic heterocycles. The largest absolute Gasteiger partial charge is 0.307 e. The summed E-state index contributed by atoms with van der Waals surface area (Å²) in [7, 11) is 0. The summed E-state index contributed by atoms with van der Waals surface area (Å²) in [5, 5.41) is 16.1. The summed E-state index contributed by atoms with van der Waals surface area (Å²) < 4.78 is 1.77. The van der Waals surface area contributed by atoms with Crippen LogP contribution in [0, 0.1) is 11.3 Å². The Kier molecular flexibility index (Phi) is 4.39. The van der Waals surface area contributed by atoms with Gasteiger partial charge in [0, 0.05) is 11.6 Å². The van der Waals surface area contributed by atoms with Gasteiger partial charge in [-0.05, 0) is 30.7 Å². The smallest absolute Gasteiger partial charge is 0.256 e. The van der Waals surface area contributed by atoms with Crippen LogP contribution < -0.4 is 5.32 Å². The van der Waals surface area contributed by atoms with Crippen LogP contribution in [-0.2, 0) is 0 Å². The van der Waals surface area contributed by atoms with E-state index in [-0.39, 0.29) is 11.9 Å². The van der Waals surface area contributed by atoms with Gasteiger partial charge < -0.3 is 5.32 Å². The van der Waals surface area contributed by atoms with Crippen LogP contribution in [0.25, 0.3) is 0 Å². The highest BCUT2D eigenvalue weighted by Gasteiger charge is 2.15. The quantitative estimate of drug-likeness (QED) is 0.799. The SMILES string of the molecule is C[C@H](c1ccccc1)n1nccc1NC(=O)c1cccc(C#N)c1. The minimum Gasteiger partial charge on any atom is -0.307 e. The summed E-state index contributed by atoms with van der Waals surface area (Å²) in [5.74, 6) is 0.341. The lowest BCUT2D eigenvalue weighted by Gasteiger charge is -2.16. The number of nitrogens with one attached hydrogen (secondary N) is 1. The number of benzene rings is 2. The van der Waals surface area contributed by atoms with Gasteiger partial charge in [-0.1, -0.05) is 36.4 Å². The molecule has 3 rings (SSSR count). The van der Waals surface area contributed by atoms with E-state index in [1.807, 2.05) is 43.3 Å². The first kappa shape index (κ1) is 15.5. The third kappa shape index (κ3) is 3.18. The van der Waals surface area contributed by atoms with Crippen LogP contribution in [0.4, 0.5) is 5.82 Å². The van der Waals surface area contributed by atoms with E-state index in [0.29, 0.717) is 16.9 Å². The molecule has 1 N–H and O–H groups in total. The molecule has 3 aromatic rings. The van der Waals surface area contributed by atoms with E-state index in [9.17, 15) is 4.79 Å². The molecule has 1 amide bonds. The number of carbonyl (C=O) groups is 1. The Balaban J connectivity index is 1.83. The van der Waals surface area contributed by atoms with Gasteiger partial charge in [-0.25, -0.2) is 4.68 Å². The van der Waals surface area contributed by atoms with E-state index >= 15 is 0 Å². The first-order chi connectivity index (χ1) is 11.7. The van der Waals surface area contributed by atoms with E-state index in [4.69, 9.17) is 5.26 Å². The molecule has 5 heteroatoms. The molecule has 0 spiro atoms. The number of nitriles is 1. The molecule has 1 atom stereocenters. The molecule has 1 aromatic heterocycles. The van der Waals surface area contributed by atoms with Gasteiger partial charge in [-0.15, -0.1) is 0 Å². The van der Waals surface area contributed by atoms with Crippen molar-refractivity contribution >= 4 is 11.7 Å². The lowest BCUT2D eigenvalue weighted by molar-refractivity contribution is 0.102. The third-order valence-corrected chi connectivity index (χ3v) is 3.81. The van der Waals surface area contributed by atoms with E-state index in [1.165, 1.54) is 0 Å². The zero-order chi connectivity index (χ0) is 16.9. The zero-order valence-corrected chi connectivity index (χ0v) is 13.2. The molecular weight excluding hydrogens is 300 g/mol. The van der Waals surface area contributed by atoms with Gasteiger partial charge in [0.2, 0.25) is 0 Å². The Labute approximate surface area is 140 Å². The van der Waals surface area contributed by atoms with Crippen molar-refractivity contribution in [2.45, 2.75) is 13.0 Å².